The zero-order valence-corrected chi connectivity index (χ0v) is 11.1. The lowest BCUT2D eigenvalue weighted by molar-refractivity contribution is 0.324. The van der Waals surface area contributed by atoms with Gasteiger partial charge in [-0.15, -0.1) is 0 Å². The van der Waals surface area contributed by atoms with E-state index in [1.807, 2.05) is 0 Å². The molecule has 1 aliphatic heterocycles. The van der Waals surface area contributed by atoms with Crippen LogP contribution in [0.15, 0.2) is 47.2 Å². The normalized spacial score (nSPS) is 24.5. The number of hydrogen-bond acceptors (Lipinski definition) is 3. The summed E-state index contributed by atoms with van der Waals surface area (Å²) >= 11 is 1.76. The molecule has 2 heterocycles. The summed E-state index contributed by atoms with van der Waals surface area (Å²) < 4.78 is 0. The van der Waals surface area contributed by atoms with E-state index in [1.54, 1.807) is 11.3 Å². The molecule has 1 fully saturated rings. The summed E-state index contributed by atoms with van der Waals surface area (Å²) in [6.07, 6.45) is 0. The fraction of sp³-hybridized carbons (Fsp3) is 0.333. The van der Waals surface area contributed by atoms with Gasteiger partial charge in [-0.25, -0.2) is 0 Å². The van der Waals surface area contributed by atoms with Gasteiger partial charge in [0.15, 0.2) is 0 Å². The van der Waals surface area contributed by atoms with Gasteiger partial charge >= 0.3 is 0 Å². The van der Waals surface area contributed by atoms with Gasteiger partial charge in [-0.1, -0.05) is 30.3 Å². The number of likely N-dealkylation sites (tertiary alicyclic amines) is 1. The van der Waals surface area contributed by atoms with Crippen molar-refractivity contribution in [3.05, 3.63) is 58.3 Å². The van der Waals surface area contributed by atoms with Gasteiger partial charge in [0, 0.05) is 31.6 Å². The summed E-state index contributed by atoms with van der Waals surface area (Å²) in [6.45, 7) is 3.09. The molecule has 0 saturated carbocycles. The predicted octanol–water partition coefficient (Wildman–Crippen LogP) is 2.67. The van der Waals surface area contributed by atoms with Crippen molar-refractivity contribution < 1.29 is 0 Å². The van der Waals surface area contributed by atoms with Crippen molar-refractivity contribution in [2.45, 2.75) is 18.5 Å². The molecule has 2 aromatic rings. The van der Waals surface area contributed by atoms with Crippen LogP contribution < -0.4 is 5.73 Å². The van der Waals surface area contributed by atoms with E-state index in [2.05, 4.69) is 52.1 Å². The minimum atomic E-state index is 0.256. The average molecular weight is 258 g/mol. The molecule has 18 heavy (non-hydrogen) atoms. The van der Waals surface area contributed by atoms with Crippen molar-refractivity contribution in [2.75, 3.05) is 13.1 Å². The first-order valence-corrected chi connectivity index (χ1v) is 7.31. The monoisotopic (exact) mass is 258 g/mol. The summed E-state index contributed by atoms with van der Waals surface area (Å²) in [7, 11) is 0. The molecule has 1 saturated heterocycles. The maximum Gasteiger partial charge on any atom is 0.0250 e. The Hall–Kier alpha value is -1.16. The molecule has 2 nitrogen and oxygen atoms in total. The maximum atomic E-state index is 6.29. The molecule has 0 bridgehead atoms. The lowest BCUT2D eigenvalue weighted by atomic mass is 9.95. The quantitative estimate of drug-likeness (QED) is 0.917. The first-order chi connectivity index (χ1) is 8.83. The number of rotatable bonds is 3. The third-order valence-corrected chi connectivity index (χ3v) is 4.39. The van der Waals surface area contributed by atoms with Crippen molar-refractivity contribution >= 4 is 11.3 Å². The van der Waals surface area contributed by atoms with Gasteiger partial charge in [0.25, 0.3) is 0 Å². The number of nitrogens with zero attached hydrogens (tertiary/aromatic N) is 1. The first kappa shape index (κ1) is 11.9. The summed E-state index contributed by atoms with van der Waals surface area (Å²) in [4.78, 5) is 2.46. The first-order valence-electron chi connectivity index (χ1n) is 6.37. The lowest BCUT2D eigenvalue weighted by Gasteiger charge is -2.15. The topological polar surface area (TPSA) is 29.3 Å². The number of hydrogen-bond donors (Lipinski definition) is 1. The molecule has 2 N–H and O–H groups in total. The van der Waals surface area contributed by atoms with Crippen molar-refractivity contribution in [2.24, 2.45) is 5.73 Å². The molecule has 1 aromatic heterocycles. The van der Waals surface area contributed by atoms with Crippen LogP contribution in [-0.2, 0) is 6.54 Å². The second-order valence-electron chi connectivity index (χ2n) is 5.01. The van der Waals surface area contributed by atoms with E-state index in [4.69, 9.17) is 5.73 Å². The number of benzene rings is 1. The second-order valence-corrected chi connectivity index (χ2v) is 5.79. The third kappa shape index (κ3) is 2.48. The van der Waals surface area contributed by atoms with Crippen LogP contribution in [0.3, 0.4) is 0 Å². The maximum absolute atomic E-state index is 6.29. The highest BCUT2D eigenvalue weighted by atomic mass is 32.1. The van der Waals surface area contributed by atoms with Crippen molar-refractivity contribution in [3.8, 4) is 0 Å². The van der Waals surface area contributed by atoms with Gasteiger partial charge in [0.05, 0.1) is 0 Å². The molecule has 2 atom stereocenters. The van der Waals surface area contributed by atoms with E-state index in [1.165, 1.54) is 11.1 Å². The van der Waals surface area contributed by atoms with Crippen LogP contribution in [0.2, 0.25) is 0 Å². The molecular formula is C15H18N2S. The fourth-order valence-electron chi connectivity index (χ4n) is 2.74. The Balaban J connectivity index is 1.69. The molecule has 0 aliphatic carbocycles. The van der Waals surface area contributed by atoms with Crippen LogP contribution in [-0.4, -0.2) is 24.0 Å². The Morgan fingerprint density at radius 2 is 2.00 bits per heavy atom. The number of nitrogens with two attached hydrogens (primary N) is 1. The fourth-order valence-corrected chi connectivity index (χ4v) is 3.40. The molecule has 0 radical (unpaired) electrons. The minimum Gasteiger partial charge on any atom is -0.326 e. The van der Waals surface area contributed by atoms with Gasteiger partial charge in [0.2, 0.25) is 0 Å². The van der Waals surface area contributed by atoms with E-state index in [0.29, 0.717) is 5.92 Å². The number of thiophene rings is 1. The summed E-state index contributed by atoms with van der Waals surface area (Å²) in [5, 5.41) is 4.36. The smallest absolute Gasteiger partial charge is 0.0250 e. The zero-order valence-electron chi connectivity index (χ0n) is 10.3. The highest BCUT2D eigenvalue weighted by Gasteiger charge is 2.30. The minimum absolute atomic E-state index is 0.256. The predicted molar refractivity (Wildman–Crippen MR) is 76.8 cm³/mol. The summed E-state index contributed by atoms with van der Waals surface area (Å²) in [5.41, 5.74) is 9.07. The summed E-state index contributed by atoms with van der Waals surface area (Å²) in [6, 6.07) is 13.1. The molecule has 0 spiro atoms. The van der Waals surface area contributed by atoms with Gasteiger partial charge in [-0.05, 0) is 28.0 Å². The van der Waals surface area contributed by atoms with Crippen LogP contribution in [0.1, 0.15) is 17.0 Å². The van der Waals surface area contributed by atoms with Crippen LogP contribution in [0.4, 0.5) is 0 Å². The molecular weight excluding hydrogens is 240 g/mol. The van der Waals surface area contributed by atoms with Crippen molar-refractivity contribution in [1.29, 1.82) is 0 Å². The van der Waals surface area contributed by atoms with Crippen LogP contribution in [0.25, 0.3) is 0 Å². The lowest BCUT2D eigenvalue weighted by Crippen LogP contribution is -2.28. The van der Waals surface area contributed by atoms with Crippen molar-refractivity contribution in [1.82, 2.24) is 4.90 Å². The van der Waals surface area contributed by atoms with Crippen LogP contribution in [0, 0.1) is 0 Å². The summed E-state index contributed by atoms with van der Waals surface area (Å²) in [5.74, 6) is 0.477. The Kier molecular flexibility index (Phi) is 3.46. The second kappa shape index (κ2) is 5.22. The standard InChI is InChI=1S/C15H18N2S/c16-15-10-17(8-12-6-7-18-11-12)9-14(15)13-4-2-1-3-5-13/h1-7,11,14-15H,8-10,16H2/t14-,15+/m0/s1. The van der Waals surface area contributed by atoms with E-state index >= 15 is 0 Å². The molecule has 94 valence electrons. The average Bonchev–Trinajstić information content (AvgIpc) is 3.01. The molecule has 0 amide bonds. The van der Waals surface area contributed by atoms with Gasteiger partial charge < -0.3 is 5.73 Å². The zero-order chi connectivity index (χ0) is 12.4. The van der Waals surface area contributed by atoms with Gasteiger partial charge in [0.1, 0.15) is 0 Å². The molecule has 3 rings (SSSR count). The van der Waals surface area contributed by atoms with E-state index in [-0.39, 0.29) is 6.04 Å². The SMILES string of the molecule is N[C@@H]1CN(Cc2ccsc2)C[C@H]1c1ccccc1. The Bertz CT molecular complexity index is 480. The van der Waals surface area contributed by atoms with E-state index in [0.717, 1.165) is 19.6 Å². The van der Waals surface area contributed by atoms with E-state index < -0.39 is 0 Å². The van der Waals surface area contributed by atoms with Crippen LogP contribution in [0.5, 0.6) is 0 Å². The Labute approximate surface area is 112 Å². The Morgan fingerprint density at radius 3 is 2.72 bits per heavy atom. The van der Waals surface area contributed by atoms with Gasteiger partial charge in [-0.3, -0.25) is 4.90 Å². The third-order valence-electron chi connectivity index (χ3n) is 3.65. The molecule has 3 heteroatoms. The van der Waals surface area contributed by atoms with Crippen molar-refractivity contribution in [3.63, 3.8) is 0 Å². The molecule has 0 unspecified atom stereocenters. The highest BCUT2D eigenvalue weighted by Crippen LogP contribution is 2.27. The molecule has 1 aliphatic rings. The van der Waals surface area contributed by atoms with Crippen LogP contribution >= 0.6 is 11.3 Å². The van der Waals surface area contributed by atoms with E-state index in [9.17, 15) is 0 Å². The highest BCUT2D eigenvalue weighted by molar-refractivity contribution is 7.07. The largest absolute Gasteiger partial charge is 0.326 e. The molecule has 1 aromatic carbocycles. The van der Waals surface area contributed by atoms with Gasteiger partial charge in [-0.2, -0.15) is 11.3 Å². The Morgan fingerprint density at radius 1 is 1.17 bits per heavy atom.